The van der Waals surface area contributed by atoms with Gasteiger partial charge in [0.15, 0.2) is 0 Å². The molecular weight excluding hydrogens is 311 g/mol. The molecule has 1 rings (SSSR count). The molecule has 0 aromatic heterocycles. The Morgan fingerprint density at radius 3 is 2.35 bits per heavy atom. The topological polar surface area (TPSA) is 75.4 Å². The normalized spacial score (nSPS) is 12.5. The lowest BCUT2D eigenvalue weighted by molar-refractivity contribution is -0.149. The number of hydrogen-bond donors (Lipinski definition) is 2. The molecule has 0 saturated carbocycles. The first-order valence-corrected chi connectivity index (χ1v) is 7.14. The smallest absolute Gasteiger partial charge is 0.370 e. The molecule has 1 atom stereocenters. The van der Waals surface area contributed by atoms with Crippen LogP contribution < -0.4 is 11.1 Å². The molecule has 5 nitrogen and oxygen atoms in total. The summed E-state index contributed by atoms with van der Waals surface area (Å²) in [6, 6.07) is 6.36. The molecule has 0 spiro atoms. The van der Waals surface area contributed by atoms with Gasteiger partial charge in [-0.2, -0.15) is 13.2 Å². The summed E-state index contributed by atoms with van der Waals surface area (Å²) in [6.45, 7) is 1.02. The van der Waals surface area contributed by atoms with Crippen LogP contribution in [-0.4, -0.2) is 42.1 Å². The molecule has 0 saturated heterocycles. The van der Waals surface area contributed by atoms with Crippen molar-refractivity contribution in [2.24, 2.45) is 5.73 Å². The van der Waals surface area contributed by atoms with Crippen molar-refractivity contribution in [3.8, 4) is 0 Å². The molecule has 3 N–H and O–H groups in total. The highest BCUT2D eigenvalue weighted by Crippen LogP contribution is 2.19. The zero-order valence-corrected chi connectivity index (χ0v) is 12.8. The zero-order chi connectivity index (χ0) is 17.5. The summed E-state index contributed by atoms with van der Waals surface area (Å²) in [6.07, 6.45) is -4.17. The number of benzene rings is 1. The van der Waals surface area contributed by atoms with Gasteiger partial charge in [-0.25, -0.2) is 4.79 Å². The number of nitrogens with two attached hydrogens (primary N) is 1. The number of rotatable bonds is 7. The van der Waals surface area contributed by atoms with E-state index in [4.69, 9.17) is 5.73 Å². The molecule has 1 unspecified atom stereocenters. The van der Waals surface area contributed by atoms with Gasteiger partial charge in [0, 0.05) is 19.5 Å². The maximum Gasteiger partial charge on any atom is 0.408 e. The van der Waals surface area contributed by atoms with Gasteiger partial charge in [0.25, 0.3) is 0 Å². The highest BCUT2D eigenvalue weighted by atomic mass is 19.4. The van der Waals surface area contributed by atoms with E-state index in [0.29, 0.717) is 6.42 Å². The Morgan fingerprint density at radius 2 is 1.83 bits per heavy atom. The second kappa shape index (κ2) is 8.40. The number of carbonyl (C=O) groups excluding carboxylic acids is 2. The summed E-state index contributed by atoms with van der Waals surface area (Å²) in [5, 5.41) is 1.89. The van der Waals surface area contributed by atoms with E-state index in [1.54, 1.807) is 0 Å². The molecule has 1 aromatic carbocycles. The third-order valence-electron chi connectivity index (χ3n) is 3.26. The Hall–Kier alpha value is -2.25. The number of alkyl halides is 3. The maximum absolute atomic E-state index is 12.5. The predicted octanol–water partition coefficient (Wildman–Crippen LogP) is 2.07. The van der Waals surface area contributed by atoms with Crippen LogP contribution in [0.25, 0.3) is 0 Å². The molecular formula is C15H20F3N3O2. The van der Waals surface area contributed by atoms with Gasteiger partial charge in [-0.15, -0.1) is 0 Å². The van der Waals surface area contributed by atoms with Crippen molar-refractivity contribution in [1.29, 1.82) is 0 Å². The molecule has 0 fully saturated rings. The minimum atomic E-state index is -4.52. The van der Waals surface area contributed by atoms with Crippen molar-refractivity contribution in [3.63, 3.8) is 0 Å². The first-order chi connectivity index (χ1) is 10.7. The molecule has 0 aliphatic heterocycles. The summed E-state index contributed by atoms with van der Waals surface area (Å²) in [4.78, 5) is 24.0. The average Bonchev–Trinajstić information content (AvgIpc) is 2.46. The zero-order valence-electron chi connectivity index (χ0n) is 12.8. The SMILES string of the molecule is CC(NC(=O)N(CCC(N)=O)CCc1ccccc1)C(F)(F)F. The van der Waals surface area contributed by atoms with Crippen molar-refractivity contribution >= 4 is 11.9 Å². The summed E-state index contributed by atoms with van der Waals surface area (Å²) in [7, 11) is 0. The lowest BCUT2D eigenvalue weighted by Crippen LogP contribution is -2.50. The number of carbonyl (C=O) groups is 2. The van der Waals surface area contributed by atoms with Crippen LogP contribution in [0.3, 0.4) is 0 Å². The van der Waals surface area contributed by atoms with E-state index in [1.165, 1.54) is 4.90 Å². The Morgan fingerprint density at radius 1 is 1.22 bits per heavy atom. The fourth-order valence-corrected chi connectivity index (χ4v) is 1.83. The van der Waals surface area contributed by atoms with Gasteiger partial charge < -0.3 is 16.0 Å². The minimum Gasteiger partial charge on any atom is -0.370 e. The highest BCUT2D eigenvalue weighted by molar-refractivity contribution is 5.77. The lowest BCUT2D eigenvalue weighted by atomic mass is 10.1. The van der Waals surface area contributed by atoms with Crippen LogP contribution in [0.2, 0.25) is 0 Å². The van der Waals surface area contributed by atoms with Crippen molar-refractivity contribution < 1.29 is 22.8 Å². The standard InChI is InChI=1S/C15H20F3N3O2/c1-11(15(16,17)18)20-14(23)21(10-8-13(19)22)9-7-12-5-3-2-4-6-12/h2-6,11H,7-10H2,1H3,(H2,19,22)(H,20,23). The van der Waals surface area contributed by atoms with Crippen LogP contribution in [-0.2, 0) is 11.2 Å². The number of primary amides is 1. The van der Waals surface area contributed by atoms with Crippen molar-refractivity contribution in [3.05, 3.63) is 35.9 Å². The first kappa shape index (κ1) is 18.8. The van der Waals surface area contributed by atoms with Gasteiger partial charge in [-0.1, -0.05) is 30.3 Å². The monoisotopic (exact) mass is 331 g/mol. The van der Waals surface area contributed by atoms with Gasteiger partial charge in [0.2, 0.25) is 5.91 Å². The van der Waals surface area contributed by atoms with Crippen LogP contribution in [0, 0.1) is 0 Å². The summed E-state index contributed by atoms with van der Waals surface area (Å²) < 4.78 is 37.6. The van der Waals surface area contributed by atoms with Gasteiger partial charge in [0.1, 0.15) is 6.04 Å². The van der Waals surface area contributed by atoms with Gasteiger partial charge in [-0.3, -0.25) is 4.79 Å². The lowest BCUT2D eigenvalue weighted by Gasteiger charge is -2.26. The molecule has 0 aliphatic rings. The van der Waals surface area contributed by atoms with E-state index in [1.807, 2.05) is 35.6 Å². The van der Waals surface area contributed by atoms with Gasteiger partial charge in [-0.05, 0) is 18.9 Å². The highest BCUT2D eigenvalue weighted by Gasteiger charge is 2.37. The first-order valence-electron chi connectivity index (χ1n) is 7.14. The molecule has 0 aliphatic carbocycles. The molecule has 0 heterocycles. The molecule has 0 radical (unpaired) electrons. The Labute approximate surface area is 132 Å². The predicted molar refractivity (Wildman–Crippen MR) is 79.6 cm³/mol. The molecule has 128 valence electrons. The van der Waals surface area contributed by atoms with Crippen LogP contribution in [0.4, 0.5) is 18.0 Å². The Balaban J connectivity index is 2.67. The van der Waals surface area contributed by atoms with E-state index in [-0.39, 0.29) is 19.5 Å². The Kier molecular flexibility index (Phi) is 6.87. The number of amides is 3. The summed E-state index contributed by atoms with van der Waals surface area (Å²) in [5.74, 6) is -0.619. The van der Waals surface area contributed by atoms with Gasteiger partial charge >= 0.3 is 12.2 Å². The molecule has 23 heavy (non-hydrogen) atoms. The third kappa shape index (κ3) is 7.03. The van der Waals surface area contributed by atoms with Crippen LogP contribution in [0.15, 0.2) is 30.3 Å². The van der Waals surface area contributed by atoms with Crippen LogP contribution >= 0.6 is 0 Å². The quantitative estimate of drug-likeness (QED) is 0.802. The fourth-order valence-electron chi connectivity index (χ4n) is 1.83. The molecule has 3 amide bonds. The average molecular weight is 331 g/mol. The summed E-state index contributed by atoms with van der Waals surface area (Å²) in [5.41, 5.74) is 5.98. The number of nitrogens with one attached hydrogen (secondary N) is 1. The van der Waals surface area contributed by atoms with Crippen LogP contribution in [0.1, 0.15) is 18.9 Å². The second-order valence-electron chi connectivity index (χ2n) is 5.15. The van der Waals surface area contributed by atoms with Gasteiger partial charge in [0.05, 0.1) is 0 Å². The number of hydrogen-bond acceptors (Lipinski definition) is 2. The number of halogens is 3. The minimum absolute atomic E-state index is 0.0292. The van der Waals surface area contributed by atoms with E-state index < -0.39 is 24.2 Å². The fraction of sp³-hybridized carbons (Fsp3) is 0.467. The van der Waals surface area contributed by atoms with E-state index in [0.717, 1.165) is 12.5 Å². The molecule has 1 aromatic rings. The van der Waals surface area contributed by atoms with Crippen LogP contribution in [0.5, 0.6) is 0 Å². The maximum atomic E-state index is 12.5. The number of urea groups is 1. The molecule has 0 bridgehead atoms. The van der Waals surface area contributed by atoms with E-state index in [2.05, 4.69) is 0 Å². The van der Waals surface area contributed by atoms with E-state index in [9.17, 15) is 22.8 Å². The Bertz CT molecular complexity index is 520. The van der Waals surface area contributed by atoms with Crippen molar-refractivity contribution in [1.82, 2.24) is 10.2 Å². The summed E-state index contributed by atoms with van der Waals surface area (Å²) >= 11 is 0. The third-order valence-corrected chi connectivity index (χ3v) is 3.26. The van der Waals surface area contributed by atoms with Crippen molar-refractivity contribution in [2.45, 2.75) is 32.0 Å². The molecule has 8 heteroatoms. The largest absolute Gasteiger partial charge is 0.408 e. The second-order valence-corrected chi connectivity index (χ2v) is 5.15. The van der Waals surface area contributed by atoms with Crippen molar-refractivity contribution in [2.75, 3.05) is 13.1 Å². The van der Waals surface area contributed by atoms with E-state index >= 15 is 0 Å². The number of nitrogens with zero attached hydrogens (tertiary/aromatic N) is 1.